The zero-order valence-corrected chi connectivity index (χ0v) is 22.3. The number of aromatic hydroxyl groups is 1. The van der Waals surface area contributed by atoms with Gasteiger partial charge >= 0.3 is 0 Å². The molecule has 0 spiro atoms. The van der Waals surface area contributed by atoms with Gasteiger partial charge in [-0.2, -0.15) is 0 Å². The number of alkyl halides is 1. The highest BCUT2D eigenvalue weighted by atomic mass is 35.5. The molecule has 6 aromatic rings. The number of nitrogens with one attached hydrogen (secondary N) is 3. The maximum absolute atomic E-state index is 13.7. The van der Waals surface area contributed by atoms with Crippen molar-refractivity contribution in [2.45, 2.75) is 12.8 Å². The lowest BCUT2D eigenvalue weighted by atomic mass is 9.95. The normalized spacial score (nSPS) is 14.8. The van der Waals surface area contributed by atoms with E-state index in [0.717, 1.165) is 43.7 Å². The molecule has 0 fully saturated rings. The van der Waals surface area contributed by atoms with Gasteiger partial charge in [0.25, 0.3) is 11.8 Å². The number of phenols is 1. The van der Waals surface area contributed by atoms with Crippen molar-refractivity contribution in [2.24, 2.45) is 0 Å². The van der Waals surface area contributed by atoms with Crippen LogP contribution < -0.4 is 10.2 Å². The second-order valence-corrected chi connectivity index (χ2v) is 10.7. The predicted octanol–water partition coefficient (Wildman–Crippen LogP) is 7.05. The summed E-state index contributed by atoms with van der Waals surface area (Å²) in [6, 6.07) is 24.4. The summed E-state index contributed by atoms with van der Waals surface area (Å²) in [5, 5.41) is 17.1. The van der Waals surface area contributed by atoms with Gasteiger partial charge in [0.1, 0.15) is 17.1 Å². The van der Waals surface area contributed by atoms with Crippen LogP contribution in [0.15, 0.2) is 78.9 Å². The Bertz CT molecular complexity index is 1990. The highest BCUT2D eigenvalue weighted by Crippen LogP contribution is 2.45. The number of rotatable bonds is 4. The first-order valence-electron chi connectivity index (χ1n) is 13.1. The number of phenolic OH excluding ortho intramolecular Hbond substituents is 1. The minimum absolute atomic E-state index is 0.0501. The molecule has 1 unspecified atom stereocenters. The molecule has 40 heavy (non-hydrogen) atoms. The van der Waals surface area contributed by atoms with E-state index in [0.29, 0.717) is 35.2 Å². The van der Waals surface area contributed by atoms with Crippen LogP contribution in [0.25, 0.3) is 32.6 Å². The Labute approximate surface area is 234 Å². The van der Waals surface area contributed by atoms with Gasteiger partial charge in [-0.1, -0.05) is 35.9 Å². The van der Waals surface area contributed by atoms with E-state index in [1.54, 1.807) is 23.1 Å². The van der Waals surface area contributed by atoms with Crippen LogP contribution in [0.5, 0.6) is 5.75 Å². The number of aryl methyl sites for hydroxylation is 1. The summed E-state index contributed by atoms with van der Waals surface area (Å²) >= 11 is 6.34. The fourth-order valence-corrected chi connectivity index (χ4v) is 6.04. The third-order valence-electron chi connectivity index (χ3n) is 7.71. The number of anilines is 2. The van der Waals surface area contributed by atoms with Gasteiger partial charge in [-0.15, -0.1) is 11.6 Å². The van der Waals surface area contributed by atoms with Crippen LogP contribution in [0.2, 0.25) is 0 Å². The molecule has 7 rings (SSSR count). The number of nitrogens with zero attached hydrogens (tertiary/aromatic N) is 1. The van der Waals surface area contributed by atoms with Crippen molar-refractivity contribution in [3.8, 4) is 5.75 Å². The monoisotopic (exact) mass is 548 g/mol. The van der Waals surface area contributed by atoms with Crippen molar-refractivity contribution < 1.29 is 14.7 Å². The standard InChI is InChI=1S/C32H25ClN4O3/c1-17-6-8-24-18(10-17)12-26(35-24)31(39)34-21-7-9-25-19(11-21)13-27(36-25)32(40)37-16-20(15-33)30-23-5-3-2-4-22(23)29(38)14-28(30)37/h2-14,20,35-36,38H,15-16H2,1H3,(H,34,39). The Hall–Kier alpha value is -4.75. The van der Waals surface area contributed by atoms with E-state index in [-0.39, 0.29) is 23.5 Å². The molecule has 0 saturated heterocycles. The van der Waals surface area contributed by atoms with Crippen molar-refractivity contribution in [3.63, 3.8) is 0 Å². The first kappa shape index (κ1) is 24.3. The van der Waals surface area contributed by atoms with Crippen LogP contribution >= 0.6 is 11.6 Å². The molecule has 198 valence electrons. The molecule has 0 saturated carbocycles. The summed E-state index contributed by atoms with van der Waals surface area (Å²) in [5.74, 6) is -0.0148. The summed E-state index contributed by atoms with van der Waals surface area (Å²) in [5.41, 5.74) is 5.97. The van der Waals surface area contributed by atoms with Crippen molar-refractivity contribution in [1.82, 2.24) is 9.97 Å². The first-order valence-corrected chi connectivity index (χ1v) is 13.6. The average Bonchev–Trinajstić information content (AvgIpc) is 3.67. The minimum atomic E-state index is -0.243. The number of halogens is 1. The van der Waals surface area contributed by atoms with Crippen molar-refractivity contribution in [3.05, 3.63) is 101 Å². The second-order valence-electron chi connectivity index (χ2n) is 10.4. The van der Waals surface area contributed by atoms with Gasteiger partial charge in [0.15, 0.2) is 0 Å². The molecule has 1 aliphatic heterocycles. The lowest BCUT2D eigenvalue weighted by Gasteiger charge is -2.17. The van der Waals surface area contributed by atoms with Gasteiger partial charge in [-0.3, -0.25) is 9.59 Å². The average molecular weight is 549 g/mol. The number of hydrogen-bond donors (Lipinski definition) is 4. The number of carbonyl (C=O) groups excluding carboxylic acids is 2. The summed E-state index contributed by atoms with van der Waals surface area (Å²) in [6.07, 6.45) is 0. The van der Waals surface area contributed by atoms with Crippen molar-refractivity contribution in [1.29, 1.82) is 0 Å². The number of carbonyl (C=O) groups is 2. The number of fused-ring (bicyclic) bond motifs is 5. The summed E-state index contributed by atoms with van der Waals surface area (Å²) in [6.45, 7) is 2.44. The van der Waals surface area contributed by atoms with E-state index in [4.69, 9.17) is 11.6 Å². The molecular formula is C32H25ClN4O3. The Kier molecular flexibility index (Phi) is 5.57. The fraction of sp³-hybridized carbons (Fsp3) is 0.125. The van der Waals surface area contributed by atoms with E-state index in [1.165, 1.54) is 0 Å². The highest BCUT2D eigenvalue weighted by molar-refractivity contribution is 6.19. The fourth-order valence-electron chi connectivity index (χ4n) is 5.79. The highest BCUT2D eigenvalue weighted by Gasteiger charge is 2.35. The number of benzene rings is 4. The lowest BCUT2D eigenvalue weighted by Crippen LogP contribution is -2.30. The lowest BCUT2D eigenvalue weighted by molar-refractivity contribution is 0.0983. The third kappa shape index (κ3) is 3.89. The molecule has 3 heterocycles. The van der Waals surface area contributed by atoms with E-state index in [1.807, 2.05) is 67.6 Å². The number of aromatic amines is 2. The number of H-pyrrole nitrogens is 2. The van der Waals surface area contributed by atoms with Gasteiger partial charge in [-0.05, 0) is 60.3 Å². The van der Waals surface area contributed by atoms with Crippen LogP contribution in [0.4, 0.5) is 11.4 Å². The smallest absolute Gasteiger partial charge is 0.274 e. The summed E-state index contributed by atoms with van der Waals surface area (Å²) in [4.78, 5) is 34.8. The van der Waals surface area contributed by atoms with Gasteiger partial charge in [0.2, 0.25) is 0 Å². The van der Waals surface area contributed by atoms with Crippen LogP contribution in [0, 0.1) is 6.92 Å². The van der Waals surface area contributed by atoms with Gasteiger partial charge in [0, 0.05) is 57.3 Å². The van der Waals surface area contributed by atoms with E-state index < -0.39 is 0 Å². The largest absolute Gasteiger partial charge is 0.507 e. The zero-order valence-electron chi connectivity index (χ0n) is 21.6. The van der Waals surface area contributed by atoms with E-state index in [2.05, 4.69) is 15.3 Å². The van der Waals surface area contributed by atoms with Crippen LogP contribution in [-0.2, 0) is 0 Å². The van der Waals surface area contributed by atoms with Gasteiger partial charge in [-0.25, -0.2) is 0 Å². The molecular weight excluding hydrogens is 524 g/mol. The molecule has 2 aromatic heterocycles. The summed E-state index contributed by atoms with van der Waals surface area (Å²) in [7, 11) is 0. The molecule has 1 aliphatic rings. The Morgan fingerprint density at radius 2 is 1.62 bits per heavy atom. The quantitative estimate of drug-likeness (QED) is 0.177. The van der Waals surface area contributed by atoms with Crippen LogP contribution in [-0.4, -0.2) is 39.3 Å². The molecule has 0 bridgehead atoms. The minimum Gasteiger partial charge on any atom is -0.507 e. The Morgan fingerprint density at radius 3 is 2.42 bits per heavy atom. The van der Waals surface area contributed by atoms with Gasteiger partial charge < -0.3 is 25.3 Å². The molecule has 8 heteroatoms. The van der Waals surface area contributed by atoms with E-state index in [9.17, 15) is 14.7 Å². The molecule has 0 radical (unpaired) electrons. The topological polar surface area (TPSA) is 101 Å². The molecule has 4 aromatic carbocycles. The molecule has 0 aliphatic carbocycles. The number of aromatic nitrogens is 2. The Balaban J connectivity index is 1.18. The third-order valence-corrected chi connectivity index (χ3v) is 8.08. The van der Waals surface area contributed by atoms with Gasteiger partial charge in [0.05, 0.1) is 5.69 Å². The van der Waals surface area contributed by atoms with E-state index >= 15 is 0 Å². The van der Waals surface area contributed by atoms with Crippen LogP contribution in [0.3, 0.4) is 0 Å². The van der Waals surface area contributed by atoms with Crippen LogP contribution in [0.1, 0.15) is 38.0 Å². The molecule has 4 N–H and O–H groups in total. The summed E-state index contributed by atoms with van der Waals surface area (Å²) < 4.78 is 0. The molecule has 1 atom stereocenters. The zero-order chi connectivity index (χ0) is 27.5. The molecule has 7 nitrogen and oxygen atoms in total. The second kappa shape index (κ2) is 9.17. The molecule has 2 amide bonds. The SMILES string of the molecule is Cc1ccc2[nH]c(C(=O)Nc3ccc4[nH]c(C(=O)N5CC(CCl)c6c5cc(O)c5ccccc65)cc4c3)cc2c1. The number of amides is 2. The van der Waals surface area contributed by atoms with Crippen molar-refractivity contribution >= 4 is 67.4 Å². The maximum atomic E-state index is 13.7. The maximum Gasteiger partial charge on any atom is 0.274 e. The number of hydrogen-bond acceptors (Lipinski definition) is 3. The van der Waals surface area contributed by atoms with Crippen molar-refractivity contribution in [2.75, 3.05) is 22.6 Å². The predicted molar refractivity (Wildman–Crippen MR) is 160 cm³/mol. The Morgan fingerprint density at radius 1 is 0.925 bits per heavy atom. The first-order chi connectivity index (χ1) is 19.4.